The molecule has 0 aliphatic heterocycles. The Labute approximate surface area is 201 Å². The smallest absolute Gasteiger partial charge is 0.408 e. The van der Waals surface area contributed by atoms with Crippen molar-refractivity contribution >= 4 is 23.9 Å². The maximum Gasteiger partial charge on any atom is 0.408 e. The van der Waals surface area contributed by atoms with E-state index in [9.17, 15) is 19.2 Å². The van der Waals surface area contributed by atoms with Crippen molar-refractivity contribution < 1.29 is 28.7 Å². The van der Waals surface area contributed by atoms with Crippen LogP contribution >= 0.6 is 0 Å². The number of terminal acetylenes is 1. The standard InChI is InChI=1S/C25H35N3O6/c1-8-10-15-28(23(31)17(3)27-24(32)34-25(4,5)6)21(22(30)26-16-20(29)33-7)19-13-11-18(9-2)12-14-19/h2,11-14,17,21H,8,10,15-16H2,1,3-7H3,(H,26,30)(H,27,32). The molecule has 186 valence electrons. The highest BCUT2D eigenvalue weighted by atomic mass is 16.6. The summed E-state index contributed by atoms with van der Waals surface area (Å²) in [5, 5.41) is 5.05. The lowest BCUT2D eigenvalue weighted by atomic mass is 10.0. The van der Waals surface area contributed by atoms with Crippen LogP contribution in [0.5, 0.6) is 0 Å². The molecule has 0 heterocycles. The Morgan fingerprint density at radius 1 is 1.15 bits per heavy atom. The number of carbonyl (C=O) groups excluding carboxylic acids is 4. The first-order valence-electron chi connectivity index (χ1n) is 11.1. The third-order valence-electron chi connectivity index (χ3n) is 4.73. The predicted molar refractivity (Wildman–Crippen MR) is 128 cm³/mol. The molecule has 1 aromatic rings. The maximum absolute atomic E-state index is 13.4. The number of methoxy groups -OCH3 is 1. The van der Waals surface area contributed by atoms with Gasteiger partial charge in [-0.05, 0) is 51.8 Å². The van der Waals surface area contributed by atoms with Gasteiger partial charge in [0.1, 0.15) is 24.2 Å². The fourth-order valence-electron chi connectivity index (χ4n) is 3.05. The molecule has 9 nitrogen and oxygen atoms in total. The molecular weight excluding hydrogens is 438 g/mol. The van der Waals surface area contributed by atoms with E-state index in [1.807, 2.05) is 6.92 Å². The molecule has 0 fully saturated rings. The van der Waals surface area contributed by atoms with Gasteiger partial charge in [0.15, 0.2) is 0 Å². The number of esters is 1. The van der Waals surface area contributed by atoms with Crippen LogP contribution < -0.4 is 10.6 Å². The van der Waals surface area contributed by atoms with Crippen LogP contribution in [0, 0.1) is 12.3 Å². The number of amides is 3. The fraction of sp³-hybridized carbons (Fsp3) is 0.520. The fourth-order valence-corrected chi connectivity index (χ4v) is 3.05. The molecular formula is C25H35N3O6. The van der Waals surface area contributed by atoms with Gasteiger partial charge >= 0.3 is 12.1 Å². The van der Waals surface area contributed by atoms with Gasteiger partial charge in [-0.2, -0.15) is 0 Å². The van der Waals surface area contributed by atoms with E-state index in [1.165, 1.54) is 18.9 Å². The second-order valence-corrected chi connectivity index (χ2v) is 8.72. The molecule has 0 aliphatic carbocycles. The van der Waals surface area contributed by atoms with Gasteiger partial charge in [0.2, 0.25) is 11.8 Å². The van der Waals surface area contributed by atoms with Crippen molar-refractivity contribution in [3.05, 3.63) is 35.4 Å². The molecule has 1 rings (SSSR count). The summed E-state index contributed by atoms with van der Waals surface area (Å²) in [6, 6.07) is 4.64. The summed E-state index contributed by atoms with van der Waals surface area (Å²) in [7, 11) is 1.21. The predicted octanol–water partition coefficient (Wildman–Crippen LogP) is 2.54. The minimum atomic E-state index is -1.06. The minimum Gasteiger partial charge on any atom is -0.468 e. The average Bonchev–Trinajstić information content (AvgIpc) is 2.78. The van der Waals surface area contributed by atoms with Crippen LogP contribution in [-0.4, -0.2) is 60.6 Å². The van der Waals surface area contributed by atoms with Gasteiger partial charge in [-0.25, -0.2) is 4.79 Å². The van der Waals surface area contributed by atoms with Crippen LogP contribution in [0.15, 0.2) is 24.3 Å². The first-order valence-corrected chi connectivity index (χ1v) is 11.1. The molecule has 34 heavy (non-hydrogen) atoms. The molecule has 0 aliphatic rings. The van der Waals surface area contributed by atoms with Crippen molar-refractivity contribution in [2.24, 2.45) is 0 Å². The van der Waals surface area contributed by atoms with Crippen molar-refractivity contribution in [2.75, 3.05) is 20.2 Å². The summed E-state index contributed by atoms with van der Waals surface area (Å²) in [6.45, 7) is 8.53. The van der Waals surface area contributed by atoms with Crippen molar-refractivity contribution in [3.8, 4) is 12.3 Å². The van der Waals surface area contributed by atoms with Gasteiger partial charge in [-0.1, -0.05) is 31.4 Å². The van der Waals surface area contributed by atoms with Crippen LogP contribution in [0.4, 0.5) is 4.79 Å². The zero-order valence-electron chi connectivity index (χ0n) is 20.8. The second-order valence-electron chi connectivity index (χ2n) is 8.72. The summed E-state index contributed by atoms with van der Waals surface area (Å²) >= 11 is 0. The molecule has 0 radical (unpaired) electrons. The third-order valence-corrected chi connectivity index (χ3v) is 4.73. The Morgan fingerprint density at radius 2 is 1.76 bits per heavy atom. The molecule has 2 atom stereocenters. The molecule has 3 amide bonds. The maximum atomic E-state index is 13.4. The van der Waals surface area contributed by atoms with Gasteiger partial charge < -0.3 is 25.0 Å². The Kier molecular flexibility index (Phi) is 11.1. The first kappa shape index (κ1) is 28.5. The van der Waals surface area contributed by atoms with Crippen molar-refractivity contribution in [3.63, 3.8) is 0 Å². The highest BCUT2D eigenvalue weighted by molar-refractivity contribution is 5.93. The number of nitrogens with one attached hydrogen (secondary N) is 2. The molecule has 0 saturated carbocycles. The molecule has 0 saturated heterocycles. The van der Waals surface area contributed by atoms with Gasteiger partial charge in [0, 0.05) is 12.1 Å². The molecule has 2 N–H and O–H groups in total. The van der Waals surface area contributed by atoms with E-state index >= 15 is 0 Å². The number of unbranched alkanes of at least 4 members (excludes halogenated alkanes) is 1. The number of hydrogen-bond acceptors (Lipinski definition) is 6. The largest absolute Gasteiger partial charge is 0.468 e. The molecule has 1 aromatic carbocycles. The van der Waals surface area contributed by atoms with Crippen LogP contribution in [0.1, 0.15) is 64.6 Å². The second kappa shape index (κ2) is 13.2. The summed E-state index contributed by atoms with van der Waals surface area (Å²) < 4.78 is 9.84. The summed E-state index contributed by atoms with van der Waals surface area (Å²) in [5.41, 5.74) is 0.392. The molecule has 2 unspecified atom stereocenters. The Hall–Kier alpha value is -3.54. The molecule has 9 heteroatoms. The monoisotopic (exact) mass is 473 g/mol. The number of alkyl carbamates (subject to hydrolysis) is 1. The van der Waals surface area contributed by atoms with Crippen LogP contribution in [0.25, 0.3) is 0 Å². The van der Waals surface area contributed by atoms with Gasteiger partial charge in [0.25, 0.3) is 0 Å². The highest BCUT2D eigenvalue weighted by Crippen LogP contribution is 2.24. The number of nitrogens with zero attached hydrogens (tertiary/aromatic N) is 1. The number of benzene rings is 1. The van der Waals surface area contributed by atoms with E-state index in [1.54, 1.807) is 45.0 Å². The van der Waals surface area contributed by atoms with Crippen molar-refractivity contribution in [2.45, 2.75) is 65.1 Å². The van der Waals surface area contributed by atoms with E-state index in [0.717, 1.165) is 6.42 Å². The topological polar surface area (TPSA) is 114 Å². The van der Waals surface area contributed by atoms with Gasteiger partial charge in [0.05, 0.1) is 7.11 Å². The van der Waals surface area contributed by atoms with Crippen LogP contribution in [0.2, 0.25) is 0 Å². The Balaban J connectivity index is 3.30. The van der Waals surface area contributed by atoms with E-state index in [4.69, 9.17) is 11.2 Å². The Bertz CT molecular complexity index is 899. The quantitative estimate of drug-likeness (QED) is 0.399. The summed E-state index contributed by atoms with van der Waals surface area (Å²) in [5.74, 6) is 0.851. The SMILES string of the molecule is C#Cc1ccc(C(C(=O)NCC(=O)OC)N(CCCC)C(=O)C(C)NC(=O)OC(C)(C)C)cc1. The van der Waals surface area contributed by atoms with Gasteiger partial charge in [-0.15, -0.1) is 6.42 Å². The van der Waals surface area contributed by atoms with E-state index in [-0.39, 0.29) is 13.1 Å². The molecule has 0 aromatic heterocycles. The number of hydrogen-bond donors (Lipinski definition) is 2. The lowest BCUT2D eigenvalue weighted by Crippen LogP contribution is -2.52. The number of rotatable bonds is 10. The summed E-state index contributed by atoms with van der Waals surface area (Å²) in [6.07, 6.45) is 6.08. The lowest BCUT2D eigenvalue weighted by molar-refractivity contribution is -0.144. The normalized spacial score (nSPS) is 12.5. The van der Waals surface area contributed by atoms with Crippen molar-refractivity contribution in [1.29, 1.82) is 0 Å². The zero-order chi connectivity index (χ0) is 25.9. The first-order chi connectivity index (χ1) is 15.9. The van der Waals surface area contributed by atoms with E-state index < -0.39 is 41.6 Å². The lowest BCUT2D eigenvalue weighted by Gasteiger charge is -2.33. The van der Waals surface area contributed by atoms with E-state index in [2.05, 4.69) is 21.3 Å². The third kappa shape index (κ3) is 9.14. The zero-order valence-corrected chi connectivity index (χ0v) is 20.8. The number of carbonyl (C=O) groups is 4. The molecule has 0 bridgehead atoms. The van der Waals surface area contributed by atoms with Crippen LogP contribution in [0.3, 0.4) is 0 Å². The molecule has 0 spiro atoms. The van der Waals surface area contributed by atoms with Crippen molar-refractivity contribution in [1.82, 2.24) is 15.5 Å². The minimum absolute atomic E-state index is 0.253. The van der Waals surface area contributed by atoms with E-state index in [0.29, 0.717) is 17.5 Å². The summed E-state index contributed by atoms with van der Waals surface area (Å²) in [4.78, 5) is 51.8. The van der Waals surface area contributed by atoms with Crippen LogP contribution in [-0.2, 0) is 23.9 Å². The highest BCUT2D eigenvalue weighted by Gasteiger charge is 2.34. The Morgan fingerprint density at radius 3 is 2.26 bits per heavy atom. The van der Waals surface area contributed by atoms with Gasteiger partial charge in [-0.3, -0.25) is 14.4 Å². The average molecular weight is 474 g/mol. The number of ether oxygens (including phenoxy) is 2.